The second-order valence-electron chi connectivity index (χ2n) is 3.27. The molecule has 0 fully saturated rings. The van der Waals surface area contributed by atoms with Crippen LogP contribution in [0.1, 0.15) is 13.3 Å². The van der Waals surface area contributed by atoms with Crippen molar-refractivity contribution in [1.29, 1.82) is 0 Å². The van der Waals surface area contributed by atoms with Crippen molar-refractivity contribution in [3.05, 3.63) is 35.2 Å². The molecule has 1 rings (SSSR count). The molecule has 0 bridgehead atoms. The third-order valence-electron chi connectivity index (χ3n) is 2.02. The standard InChI is InChI=1S/C10H9F5/c1-6-2-3-7(5-8(11)4-6)10(14,15)9(12)13/h2,4-5,9H,3H2,1H3. The van der Waals surface area contributed by atoms with E-state index in [9.17, 15) is 22.0 Å². The molecule has 0 aromatic carbocycles. The fourth-order valence-electron chi connectivity index (χ4n) is 1.19. The van der Waals surface area contributed by atoms with Gasteiger partial charge in [0.25, 0.3) is 0 Å². The zero-order chi connectivity index (χ0) is 11.6. The summed E-state index contributed by atoms with van der Waals surface area (Å²) < 4.78 is 62.6. The van der Waals surface area contributed by atoms with Crippen molar-refractivity contribution in [3.8, 4) is 0 Å². The van der Waals surface area contributed by atoms with Crippen LogP contribution >= 0.6 is 0 Å². The van der Waals surface area contributed by atoms with Crippen molar-refractivity contribution in [2.75, 3.05) is 0 Å². The van der Waals surface area contributed by atoms with Crippen molar-refractivity contribution < 1.29 is 22.0 Å². The summed E-state index contributed by atoms with van der Waals surface area (Å²) >= 11 is 0. The van der Waals surface area contributed by atoms with Crippen LogP contribution in [0.25, 0.3) is 0 Å². The van der Waals surface area contributed by atoms with Crippen molar-refractivity contribution in [2.24, 2.45) is 0 Å². The number of alkyl halides is 4. The molecule has 0 radical (unpaired) electrons. The molecule has 15 heavy (non-hydrogen) atoms. The largest absolute Gasteiger partial charge is 0.329 e. The molecule has 0 heterocycles. The van der Waals surface area contributed by atoms with Gasteiger partial charge in [0.2, 0.25) is 0 Å². The van der Waals surface area contributed by atoms with Crippen molar-refractivity contribution in [3.63, 3.8) is 0 Å². The average Bonchev–Trinajstić information content (AvgIpc) is 2.26. The molecule has 0 aromatic heterocycles. The van der Waals surface area contributed by atoms with Crippen LogP contribution in [-0.2, 0) is 0 Å². The van der Waals surface area contributed by atoms with Gasteiger partial charge >= 0.3 is 12.3 Å². The van der Waals surface area contributed by atoms with Gasteiger partial charge in [-0.3, -0.25) is 0 Å². The van der Waals surface area contributed by atoms with Crippen LogP contribution in [0.3, 0.4) is 0 Å². The first kappa shape index (κ1) is 11.9. The molecular weight excluding hydrogens is 215 g/mol. The second kappa shape index (κ2) is 4.16. The van der Waals surface area contributed by atoms with Gasteiger partial charge in [0, 0.05) is 5.57 Å². The van der Waals surface area contributed by atoms with E-state index in [-0.39, 0.29) is 6.42 Å². The summed E-state index contributed by atoms with van der Waals surface area (Å²) in [6, 6.07) is 0. The van der Waals surface area contributed by atoms with E-state index in [1.807, 2.05) is 0 Å². The Labute approximate surface area is 83.8 Å². The lowest BCUT2D eigenvalue weighted by atomic mass is 10.1. The molecule has 0 unspecified atom stereocenters. The molecular formula is C10H9F5. The third-order valence-corrected chi connectivity index (χ3v) is 2.02. The summed E-state index contributed by atoms with van der Waals surface area (Å²) in [7, 11) is 0. The van der Waals surface area contributed by atoms with Gasteiger partial charge in [-0.25, -0.2) is 13.2 Å². The molecule has 0 saturated heterocycles. The van der Waals surface area contributed by atoms with Gasteiger partial charge in [0.05, 0.1) is 0 Å². The van der Waals surface area contributed by atoms with Crippen LogP contribution in [0.15, 0.2) is 35.2 Å². The van der Waals surface area contributed by atoms with Crippen LogP contribution in [0.5, 0.6) is 0 Å². The molecule has 0 aromatic rings. The monoisotopic (exact) mass is 224 g/mol. The maximum atomic E-state index is 12.9. The van der Waals surface area contributed by atoms with Crippen LogP contribution < -0.4 is 0 Å². The Kier molecular flexibility index (Phi) is 3.31. The lowest BCUT2D eigenvalue weighted by molar-refractivity contribution is -0.100. The van der Waals surface area contributed by atoms with Crippen LogP contribution in [-0.4, -0.2) is 12.3 Å². The zero-order valence-electron chi connectivity index (χ0n) is 7.91. The highest BCUT2D eigenvalue weighted by Gasteiger charge is 2.44. The first-order chi connectivity index (χ1) is 6.84. The quantitative estimate of drug-likeness (QED) is 0.621. The summed E-state index contributed by atoms with van der Waals surface area (Å²) in [5.74, 6) is -5.21. The second-order valence-corrected chi connectivity index (χ2v) is 3.27. The first-order valence-corrected chi connectivity index (χ1v) is 4.25. The highest BCUT2D eigenvalue weighted by atomic mass is 19.3. The number of rotatable bonds is 2. The average molecular weight is 224 g/mol. The van der Waals surface area contributed by atoms with E-state index in [4.69, 9.17) is 0 Å². The van der Waals surface area contributed by atoms with Gasteiger partial charge in [-0.15, -0.1) is 0 Å². The van der Waals surface area contributed by atoms with E-state index in [1.165, 1.54) is 13.0 Å². The summed E-state index contributed by atoms with van der Waals surface area (Å²) in [4.78, 5) is 0. The predicted molar refractivity (Wildman–Crippen MR) is 46.6 cm³/mol. The SMILES string of the molecule is CC1=CCC(C(F)(F)C(F)F)=CC(F)=C1. The Morgan fingerprint density at radius 3 is 2.40 bits per heavy atom. The Bertz CT molecular complexity index is 336. The summed E-state index contributed by atoms with van der Waals surface area (Å²) in [5.41, 5.74) is -0.466. The van der Waals surface area contributed by atoms with Gasteiger partial charge < -0.3 is 0 Å². The predicted octanol–water partition coefficient (Wildman–Crippen LogP) is 4.02. The fourth-order valence-corrected chi connectivity index (χ4v) is 1.19. The molecule has 0 N–H and O–H groups in total. The van der Waals surface area contributed by atoms with Crippen LogP contribution in [0.2, 0.25) is 0 Å². The minimum Gasteiger partial charge on any atom is -0.207 e. The lowest BCUT2D eigenvalue weighted by Crippen LogP contribution is -2.28. The number of hydrogen-bond acceptors (Lipinski definition) is 0. The minimum absolute atomic E-state index is 0.368. The topological polar surface area (TPSA) is 0 Å². The van der Waals surface area contributed by atoms with E-state index in [2.05, 4.69) is 0 Å². The van der Waals surface area contributed by atoms with Crippen LogP contribution in [0, 0.1) is 0 Å². The van der Waals surface area contributed by atoms with E-state index >= 15 is 0 Å². The summed E-state index contributed by atoms with van der Waals surface area (Å²) in [5, 5.41) is 0. The molecule has 0 nitrogen and oxygen atoms in total. The van der Waals surface area contributed by atoms with Crippen molar-refractivity contribution >= 4 is 0 Å². The fraction of sp³-hybridized carbons (Fsp3) is 0.400. The smallest absolute Gasteiger partial charge is 0.207 e. The Balaban J connectivity index is 3.04. The third kappa shape index (κ3) is 2.67. The van der Waals surface area contributed by atoms with Gasteiger partial charge in [-0.05, 0) is 25.5 Å². The van der Waals surface area contributed by atoms with E-state index in [0.29, 0.717) is 11.6 Å². The van der Waals surface area contributed by atoms with E-state index in [0.717, 1.165) is 6.08 Å². The molecule has 0 saturated carbocycles. The van der Waals surface area contributed by atoms with E-state index < -0.39 is 23.7 Å². The Hall–Kier alpha value is -1.13. The maximum absolute atomic E-state index is 12.9. The molecule has 5 heteroatoms. The van der Waals surface area contributed by atoms with Gasteiger partial charge in [-0.2, -0.15) is 8.78 Å². The lowest BCUT2D eigenvalue weighted by Gasteiger charge is -2.17. The van der Waals surface area contributed by atoms with Gasteiger partial charge in [-0.1, -0.05) is 11.6 Å². The van der Waals surface area contributed by atoms with Crippen molar-refractivity contribution in [2.45, 2.75) is 25.7 Å². The van der Waals surface area contributed by atoms with Gasteiger partial charge in [0.15, 0.2) is 0 Å². The molecule has 0 amide bonds. The molecule has 1 aliphatic carbocycles. The van der Waals surface area contributed by atoms with Gasteiger partial charge in [0.1, 0.15) is 5.83 Å². The normalized spacial score (nSPS) is 18.2. The molecule has 84 valence electrons. The minimum atomic E-state index is -4.27. The first-order valence-electron chi connectivity index (χ1n) is 4.25. The summed E-state index contributed by atoms with van der Waals surface area (Å²) in [6.45, 7) is 1.51. The molecule has 0 aliphatic heterocycles. The molecule has 1 aliphatic rings. The number of halogens is 5. The maximum Gasteiger partial charge on any atom is 0.329 e. The molecule has 0 spiro atoms. The van der Waals surface area contributed by atoms with Crippen LogP contribution in [0.4, 0.5) is 22.0 Å². The number of allylic oxidation sites excluding steroid dienone is 6. The Morgan fingerprint density at radius 2 is 1.87 bits per heavy atom. The van der Waals surface area contributed by atoms with E-state index in [1.54, 1.807) is 0 Å². The molecule has 0 atom stereocenters. The summed E-state index contributed by atoms with van der Waals surface area (Å²) in [6.07, 6.45) is -1.40. The highest BCUT2D eigenvalue weighted by molar-refractivity contribution is 5.35. The Morgan fingerprint density at radius 1 is 1.27 bits per heavy atom. The number of hydrogen-bond donors (Lipinski definition) is 0. The zero-order valence-corrected chi connectivity index (χ0v) is 7.91. The highest BCUT2D eigenvalue weighted by Crippen LogP contribution is 2.35. The van der Waals surface area contributed by atoms with Crippen molar-refractivity contribution in [1.82, 2.24) is 0 Å².